The Morgan fingerprint density at radius 2 is 2.13 bits per heavy atom. The number of rotatable bonds is 8. The van der Waals surface area contributed by atoms with Gasteiger partial charge in [-0.3, -0.25) is 9.59 Å². The molecule has 1 aromatic rings. The summed E-state index contributed by atoms with van der Waals surface area (Å²) in [7, 11) is 0. The molecule has 3 rings (SSSR count). The van der Waals surface area contributed by atoms with Crippen LogP contribution in [0.25, 0.3) is 0 Å². The molecule has 1 saturated heterocycles. The van der Waals surface area contributed by atoms with Gasteiger partial charge in [0.05, 0.1) is 15.6 Å². The van der Waals surface area contributed by atoms with Gasteiger partial charge in [-0.15, -0.1) is 11.3 Å². The molecule has 2 aliphatic rings. The van der Waals surface area contributed by atoms with Gasteiger partial charge in [0.1, 0.15) is 5.76 Å². The van der Waals surface area contributed by atoms with Gasteiger partial charge in [0.2, 0.25) is 0 Å². The predicted molar refractivity (Wildman–Crippen MR) is 123 cm³/mol. The minimum absolute atomic E-state index is 0.00745. The third kappa shape index (κ3) is 6.34. The van der Waals surface area contributed by atoms with Crippen LogP contribution in [0, 0.1) is 11.8 Å². The van der Waals surface area contributed by atoms with Gasteiger partial charge in [-0.25, -0.2) is 0 Å². The maximum absolute atomic E-state index is 13.2. The highest BCUT2D eigenvalue weighted by Gasteiger charge is 2.36. The Balaban J connectivity index is 1.83. The van der Waals surface area contributed by atoms with Crippen molar-refractivity contribution >= 4 is 52.2 Å². The molecular weight excluding hydrogens is 442 g/mol. The van der Waals surface area contributed by atoms with Crippen molar-refractivity contribution in [3.63, 3.8) is 0 Å². The second-order valence-electron chi connectivity index (χ2n) is 7.73. The Hall–Kier alpha value is -1.31. The van der Waals surface area contributed by atoms with E-state index >= 15 is 0 Å². The van der Waals surface area contributed by atoms with E-state index < -0.39 is 5.97 Å². The molecule has 2 atom stereocenters. The molecule has 0 radical (unpaired) electrons. The van der Waals surface area contributed by atoms with Crippen LogP contribution >= 0.6 is 34.7 Å². The van der Waals surface area contributed by atoms with Crippen molar-refractivity contribution in [1.82, 2.24) is 0 Å². The Kier molecular flexibility index (Phi) is 8.84. The maximum atomic E-state index is 13.2. The molecule has 1 aromatic heterocycles. The monoisotopic (exact) mass is 469 g/mol. The molecule has 5 nitrogen and oxygen atoms in total. The van der Waals surface area contributed by atoms with Crippen molar-refractivity contribution in [2.75, 3.05) is 11.5 Å². The molecule has 1 fully saturated rings. The highest BCUT2D eigenvalue weighted by atomic mass is 35.5. The van der Waals surface area contributed by atoms with Crippen LogP contribution in [0.15, 0.2) is 28.6 Å². The van der Waals surface area contributed by atoms with Crippen LogP contribution in [0.3, 0.4) is 0 Å². The Morgan fingerprint density at radius 3 is 2.77 bits per heavy atom. The van der Waals surface area contributed by atoms with Crippen LogP contribution in [-0.2, 0) is 25.8 Å². The highest BCUT2D eigenvalue weighted by molar-refractivity contribution is 7.99. The number of thioether (sulfide) groups is 1. The maximum Gasteiger partial charge on any atom is 0.307 e. The molecule has 1 aliphatic carbocycles. The molecule has 0 spiro atoms. The predicted octanol–water partition coefficient (Wildman–Crippen LogP) is 6.01. The second-order valence-corrected chi connectivity index (χ2v) is 10.7. The van der Waals surface area contributed by atoms with Crippen molar-refractivity contribution in [2.45, 2.75) is 59.0 Å². The molecule has 0 amide bonds. The number of nitrogens with zero attached hydrogens (tertiary/aromatic N) is 1. The Labute approximate surface area is 191 Å². The number of carbonyl (C=O) groups is 2. The number of halogens is 1. The van der Waals surface area contributed by atoms with E-state index in [0.717, 1.165) is 23.5 Å². The average molecular weight is 470 g/mol. The van der Waals surface area contributed by atoms with Gasteiger partial charge < -0.3 is 9.57 Å². The van der Waals surface area contributed by atoms with Gasteiger partial charge in [-0.2, -0.15) is 11.8 Å². The van der Waals surface area contributed by atoms with E-state index in [1.54, 1.807) is 0 Å². The fourth-order valence-electron chi connectivity index (χ4n) is 4.02. The zero-order valence-corrected chi connectivity index (χ0v) is 19.8. The number of allylic oxidation sites excluding steroid dienone is 2. The smallest absolute Gasteiger partial charge is 0.307 e. The lowest BCUT2D eigenvalue weighted by Crippen LogP contribution is -2.32. The number of thiophene rings is 1. The van der Waals surface area contributed by atoms with Crippen LogP contribution in [0.2, 0.25) is 4.34 Å². The molecule has 0 bridgehead atoms. The molecule has 0 saturated carbocycles. The van der Waals surface area contributed by atoms with Crippen molar-refractivity contribution in [3.8, 4) is 0 Å². The standard InChI is InChI=1S/C22H28ClNO4S2/c1-3-5-18(24-27-12-17-7-8-21(23)30-17)22-19(26)10-16(11-20(22)28-14(2)25)15-6-4-9-29-13-15/h7-8,15-16H,3-6,9-13H2,1-2H3/b24-18+. The third-order valence-electron chi connectivity index (χ3n) is 5.37. The number of oxime groups is 1. The van der Waals surface area contributed by atoms with Crippen molar-refractivity contribution in [1.29, 1.82) is 0 Å². The van der Waals surface area contributed by atoms with Gasteiger partial charge in [-0.1, -0.05) is 30.1 Å². The van der Waals surface area contributed by atoms with E-state index in [1.165, 1.54) is 30.4 Å². The number of Topliss-reactive ketones (excluding diaryl/α,β-unsaturated/α-hetero) is 1. The second kappa shape index (κ2) is 11.3. The zero-order chi connectivity index (χ0) is 21.5. The first-order valence-electron chi connectivity index (χ1n) is 10.4. The lowest BCUT2D eigenvalue weighted by molar-refractivity contribution is -0.137. The minimum atomic E-state index is -0.404. The average Bonchev–Trinajstić information content (AvgIpc) is 3.12. The molecular formula is C22H28ClNO4S2. The van der Waals surface area contributed by atoms with E-state index in [2.05, 4.69) is 5.16 Å². The summed E-state index contributed by atoms with van der Waals surface area (Å²) in [5.41, 5.74) is 1.01. The number of ketones is 1. The number of carbonyl (C=O) groups excluding carboxylic acids is 2. The van der Waals surface area contributed by atoms with Gasteiger partial charge in [0, 0.05) is 24.6 Å². The summed E-state index contributed by atoms with van der Waals surface area (Å²) in [5, 5.41) is 4.29. The van der Waals surface area contributed by atoms with Gasteiger partial charge >= 0.3 is 5.97 Å². The summed E-state index contributed by atoms with van der Waals surface area (Å²) < 4.78 is 6.25. The molecule has 0 N–H and O–H groups in total. The fraction of sp³-hybridized carbons (Fsp3) is 0.591. The van der Waals surface area contributed by atoms with Crippen molar-refractivity contribution in [2.24, 2.45) is 17.0 Å². The first-order valence-corrected chi connectivity index (χ1v) is 12.8. The van der Waals surface area contributed by atoms with Crippen LogP contribution in [0.1, 0.15) is 57.2 Å². The van der Waals surface area contributed by atoms with Crippen molar-refractivity contribution < 1.29 is 19.2 Å². The highest BCUT2D eigenvalue weighted by Crippen LogP contribution is 2.39. The Bertz CT molecular complexity index is 827. The lowest BCUT2D eigenvalue weighted by atomic mass is 9.76. The van der Waals surface area contributed by atoms with E-state index in [-0.39, 0.29) is 18.3 Å². The largest absolute Gasteiger partial charge is 0.430 e. The third-order valence-corrected chi connectivity index (χ3v) is 7.81. The summed E-state index contributed by atoms with van der Waals surface area (Å²) in [6, 6.07) is 3.71. The van der Waals surface area contributed by atoms with Crippen molar-refractivity contribution in [3.05, 3.63) is 32.7 Å². The first-order chi connectivity index (χ1) is 14.5. The molecule has 30 heavy (non-hydrogen) atoms. The van der Waals surface area contributed by atoms with E-state index in [9.17, 15) is 9.59 Å². The topological polar surface area (TPSA) is 65.0 Å². The summed E-state index contributed by atoms with van der Waals surface area (Å²) >= 11 is 9.35. The quantitative estimate of drug-likeness (QED) is 0.265. The molecule has 2 unspecified atom stereocenters. The van der Waals surface area contributed by atoms with E-state index in [1.807, 2.05) is 30.8 Å². The van der Waals surface area contributed by atoms with Gasteiger partial charge in [-0.05, 0) is 54.7 Å². The first kappa shape index (κ1) is 23.4. The molecule has 2 heterocycles. The lowest BCUT2D eigenvalue weighted by Gasteiger charge is -2.33. The summed E-state index contributed by atoms with van der Waals surface area (Å²) in [4.78, 5) is 31.5. The minimum Gasteiger partial charge on any atom is -0.430 e. The Morgan fingerprint density at radius 1 is 1.30 bits per heavy atom. The number of hydrogen-bond acceptors (Lipinski definition) is 7. The normalized spacial score (nSPS) is 22.9. The van der Waals surface area contributed by atoms with Crippen LogP contribution < -0.4 is 0 Å². The summed E-state index contributed by atoms with van der Waals surface area (Å²) in [5.74, 6) is 3.05. The van der Waals surface area contributed by atoms with Crippen LogP contribution in [-0.4, -0.2) is 29.0 Å². The number of hydrogen-bond donors (Lipinski definition) is 0. The SMILES string of the molecule is CCC/C(=N\OCc1ccc(Cl)s1)C1=C(OC(C)=O)CC(C2CCCSC2)CC1=O. The van der Waals surface area contributed by atoms with E-state index in [0.29, 0.717) is 46.6 Å². The van der Waals surface area contributed by atoms with E-state index in [4.69, 9.17) is 21.2 Å². The van der Waals surface area contributed by atoms with Crippen LogP contribution in [0.5, 0.6) is 0 Å². The number of ether oxygens (including phenoxy) is 1. The van der Waals surface area contributed by atoms with Gasteiger partial charge in [0.15, 0.2) is 12.4 Å². The summed E-state index contributed by atoms with van der Waals surface area (Å²) in [6.45, 7) is 3.69. The van der Waals surface area contributed by atoms with Gasteiger partial charge in [0.25, 0.3) is 0 Å². The molecule has 164 valence electrons. The molecule has 1 aliphatic heterocycles. The zero-order valence-electron chi connectivity index (χ0n) is 17.4. The fourth-order valence-corrected chi connectivity index (χ4v) is 6.30. The number of esters is 1. The van der Waals surface area contributed by atoms with Crippen LogP contribution in [0.4, 0.5) is 0 Å². The molecule has 8 heteroatoms. The summed E-state index contributed by atoms with van der Waals surface area (Å²) in [6.07, 6.45) is 4.79. The molecule has 0 aromatic carbocycles.